The number of aromatic nitrogens is 2. The lowest BCUT2D eigenvalue weighted by Gasteiger charge is -1.99. The van der Waals surface area contributed by atoms with Gasteiger partial charge in [0, 0.05) is 12.2 Å². The van der Waals surface area contributed by atoms with Gasteiger partial charge in [-0.05, 0) is 19.1 Å². The Bertz CT molecular complexity index is 171. The van der Waals surface area contributed by atoms with E-state index in [0.29, 0.717) is 0 Å². The summed E-state index contributed by atoms with van der Waals surface area (Å²) in [6, 6.07) is 3.67. The van der Waals surface area contributed by atoms with E-state index < -0.39 is 0 Å². The Morgan fingerprint density at radius 3 is 2.78 bits per heavy atom. The van der Waals surface area contributed by atoms with Gasteiger partial charge in [-0.15, -0.1) is 0 Å². The molecule has 0 spiro atoms. The summed E-state index contributed by atoms with van der Waals surface area (Å²) >= 11 is 0. The summed E-state index contributed by atoms with van der Waals surface area (Å²) in [5.41, 5.74) is 6.34. The largest absolute Gasteiger partial charge is 0.323 e. The van der Waals surface area contributed by atoms with E-state index >= 15 is 0 Å². The van der Waals surface area contributed by atoms with Crippen LogP contribution in [-0.2, 0) is 0 Å². The minimum atomic E-state index is -0.0151. The Balaban J connectivity index is 2.85. The van der Waals surface area contributed by atoms with Crippen LogP contribution in [0.4, 0.5) is 0 Å². The van der Waals surface area contributed by atoms with Gasteiger partial charge in [-0.25, -0.2) is 0 Å². The lowest BCUT2D eigenvalue weighted by Crippen LogP contribution is -2.07. The quantitative estimate of drug-likeness (QED) is 0.591. The predicted octanol–water partition coefficient (Wildman–Crippen LogP) is 0.496. The summed E-state index contributed by atoms with van der Waals surface area (Å²) in [7, 11) is 0. The van der Waals surface area contributed by atoms with E-state index in [9.17, 15) is 0 Å². The van der Waals surface area contributed by atoms with Crippen LogP contribution in [0.25, 0.3) is 0 Å². The van der Waals surface area contributed by atoms with Gasteiger partial charge >= 0.3 is 0 Å². The highest BCUT2D eigenvalue weighted by Gasteiger charge is 1.96. The molecule has 2 N–H and O–H groups in total. The van der Waals surface area contributed by atoms with E-state index in [1.807, 2.05) is 19.1 Å². The molecule has 1 heterocycles. The van der Waals surface area contributed by atoms with Gasteiger partial charge in [0.2, 0.25) is 0 Å². The van der Waals surface area contributed by atoms with E-state index in [2.05, 4.69) is 10.2 Å². The molecule has 0 saturated carbocycles. The minimum Gasteiger partial charge on any atom is -0.323 e. The molecule has 3 heteroatoms. The number of nitrogens with two attached hydrogens (primary N) is 1. The fourth-order valence-corrected chi connectivity index (χ4v) is 0.556. The van der Waals surface area contributed by atoms with Gasteiger partial charge in [-0.1, -0.05) is 0 Å². The number of nitrogens with zero attached hydrogens (tertiary/aromatic N) is 2. The van der Waals surface area contributed by atoms with Crippen LogP contribution >= 0.6 is 0 Å². The lowest BCUT2D eigenvalue weighted by atomic mass is 10.2. The van der Waals surface area contributed by atoms with Crippen molar-refractivity contribution in [3.8, 4) is 0 Å². The van der Waals surface area contributed by atoms with Gasteiger partial charge in [0.15, 0.2) is 0 Å². The normalized spacial score (nSPS) is 13.1. The second-order valence-electron chi connectivity index (χ2n) is 1.94. The molecule has 0 saturated heterocycles. The van der Waals surface area contributed by atoms with Crippen molar-refractivity contribution >= 4 is 0 Å². The summed E-state index contributed by atoms with van der Waals surface area (Å²) in [6.07, 6.45) is 1.63. The van der Waals surface area contributed by atoms with Gasteiger partial charge in [-0.2, -0.15) is 10.2 Å². The summed E-state index contributed by atoms with van der Waals surface area (Å²) in [5.74, 6) is 0. The van der Waals surface area contributed by atoms with E-state index in [4.69, 9.17) is 5.73 Å². The molecular weight excluding hydrogens is 114 g/mol. The van der Waals surface area contributed by atoms with Crippen molar-refractivity contribution in [3.63, 3.8) is 0 Å². The summed E-state index contributed by atoms with van der Waals surface area (Å²) in [5, 5.41) is 7.48. The monoisotopic (exact) mass is 123 g/mol. The highest BCUT2D eigenvalue weighted by atomic mass is 15.1. The van der Waals surface area contributed by atoms with Crippen molar-refractivity contribution in [2.75, 3.05) is 0 Å². The minimum absolute atomic E-state index is 0.0151. The molecule has 0 radical (unpaired) electrons. The molecule has 0 fully saturated rings. The van der Waals surface area contributed by atoms with Crippen LogP contribution in [0, 0.1) is 0 Å². The Morgan fingerprint density at radius 2 is 2.44 bits per heavy atom. The molecule has 3 nitrogen and oxygen atoms in total. The number of hydrogen-bond acceptors (Lipinski definition) is 3. The Kier molecular flexibility index (Phi) is 1.75. The van der Waals surface area contributed by atoms with E-state index in [1.165, 1.54) is 0 Å². The third kappa shape index (κ3) is 1.47. The smallest absolute Gasteiger partial charge is 0.0795 e. The molecule has 1 aromatic rings. The lowest BCUT2D eigenvalue weighted by molar-refractivity contribution is 0.752. The highest BCUT2D eigenvalue weighted by Crippen LogP contribution is 2.00. The zero-order valence-corrected chi connectivity index (χ0v) is 5.28. The zero-order valence-electron chi connectivity index (χ0n) is 5.28. The molecule has 1 atom stereocenters. The standard InChI is InChI=1S/C6H9N3/c1-5(7)6-3-2-4-8-9-6/h2-5H,7H2,1H3/t5-/m1/s1. The van der Waals surface area contributed by atoms with Crippen LogP contribution < -0.4 is 5.73 Å². The predicted molar refractivity (Wildman–Crippen MR) is 34.6 cm³/mol. The average molecular weight is 123 g/mol. The van der Waals surface area contributed by atoms with Gasteiger partial charge in [0.1, 0.15) is 0 Å². The van der Waals surface area contributed by atoms with Crippen LogP contribution in [0.2, 0.25) is 0 Å². The summed E-state index contributed by atoms with van der Waals surface area (Å²) in [6.45, 7) is 1.88. The maximum absolute atomic E-state index is 5.51. The molecule has 1 rings (SSSR count). The summed E-state index contributed by atoms with van der Waals surface area (Å²) in [4.78, 5) is 0. The molecule has 0 aliphatic rings. The van der Waals surface area contributed by atoms with Crippen molar-refractivity contribution in [2.45, 2.75) is 13.0 Å². The molecule has 0 aromatic carbocycles. The van der Waals surface area contributed by atoms with Crippen LogP contribution in [0.1, 0.15) is 18.7 Å². The van der Waals surface area contributed by atoms with Crippen molar-refractivity contribution in [2.24, 2.45) is 5.73 Å². The van der Waals surface area contributed by atoms with Crippen LogP contribution in [-0.4, -0.2) is 10.2 Å². The molecule has 9 heavy (non-hydrogen) atoms. The number of hydrogen-bond donors (Lipinski definition) is 1. The molecular formula is C6H9N3. The first-order chi connectivity index (χ1) is 4.30. The molecule has 0 aliphatic carbocycles. The number of rotatable bonds is 1. The maximum Gasteiger partial charge on any atom is 0.0795 e. The van der Waals surface area contributed by atoms with Crippen molar-refractivity contribution in [3.05, 3.63) is 24.0 Å². The molecule has 0 aliphatic heterocycles. The highest BCUT2D eigenvalue weighted by molar-refractivity contribution is 5.02. The van der Waals surface area contributed by atoms with E-state index in [1.54, 1.807) is 6.20 Å². The third-order valence-corrected chi connectivity index (χ3v) is 1.06. The molecule has 1 aromatic heterocycles. The first-order valence-electron chi connectivity index (χ1n) is 2.84. The zero-order chi connectivity index (χ0) is 6.69. The van der Waals surface area contributed by atoms with Crippen LogP contribution in [0.5, 0.6) is 0 Å². The second-order valence-corrected chi connectivity index (χ2v) is 1.94. The third-order valence-electron chi connectivity index (χ3n) is 1.06. The van der Waals surface area contributed by atoms with Gasteiger partial charge in [0.05, 0.1) is 5.69 Å². The van der Waals surface area contributed by atoms with Crippen molar-refractivity contribution < 1.29 is 0 Å². The van der Waals surface area contributed by atoms with Gasteiger partial charge < -0.3 is 5.73 Å². The summed E-state index contributed by atoms with van der Waals surface area (Å²) < 4.78 is 0. The SMILES string of the molecule is C[C@@H](N)c1cccnn1. The van der Waals surface area contributed by atoms with Gasteiger partial charge in [0.25, 0.3) is 0 Å². The first kappa shape index (κ1) is 6.16. The Hall–Kier alpha value is -0.960. The van der Waals surface area contributed by atoms with Crippen molar-refractivity contribution in [1.29, 1.82) is 0 Å². The second kappa shape index (κ2) is 2.55. The average Bonchev–Trinajstić information content (AvgIpc) is 1.90. The van der Waals surface area contributed by atoms with Crippen molar-refractivity contribution in [1.82, 2.24) is 10.2 Å². The fraction of sp³-hybridized carbons (Fsp3) is 0.333. The molecule has 48 valence electrons. The molecule has 0 unspecified atom stereocenters. The maximum atomic E-state index is 5.51. The Morgan fingerprint density at radius 1 is 1.67 bits per heavy atom. The van der Waals surface area contributed by atoms with E-state index in [-0.39, 0.29) is 6.04 Å². The van der Waals surface area contributed by atoms with Crippen LogP contribution in [0.15, 0.2) is 18.3 Å². The Labute approximate surface area is 53.9 Å². The molecule has 0 bridgehead atoms. The van der Waals surface area contributed by atoms with Crippen LogP contribution in [0.3, 0.4) is 0 Å². The first-order valence-corrected chi connectivity index (χ1v) is 2.84. The fourth-order valence-electron chi connectivity index (χ4n) is 0.556. The van der Waals surface area contributed by atoms with Gasteiger partial charge in [-0.3, -0.25) is 0 Å². The topological polar surface area (TPSA) is 51.8 Å². The van der Waals surface area contributed by atoms with E-state index in [0.717, 1.165) is 5.69 Å². The molecule has 0 amide bonds.